The van der Waals surface area contributed by atoms with Gasteiger partial charge in [-0.25, -0.2) is 9.37 Å². The smallest absolute Gasteiger partial charge is 0.255 e. The minimum absolute atomic E-state index is 0.0832. The van der Waals surface area contributed by atoms with Gasteiger partial charge in [-0.1, -0.05) is 11.6 Å². The summed E-state index contributed by atoms with van der Waals surface area (Å²) in [6.45, 7) is 1.78. The molecule has 0 aliphatic carbocycles. The molecule has 20 heavy (non-hydrogen) atoms. The maximum absolute atomic E-state index is 13.6. The van der Waals surface area contributed by atoms with Crippen LogP contribution >= 0.6 is 11.6 Å². The quantitative estimate of drug-likeness (QED) is 0.911. The van der Waals surface area contributed by atoms with Crippen LogP contribution in [-0.4, -0.2) is 17.9 Å². The third-order valence-electron chi connectivity index (χ3n) is 2.65. The summed E-state index contributed by atoms with van der Waals surface area (Å²) < 4.78 is 13.6. The van der Waals surface area contributed by atoms with Gasteiger partial charge in [0, 0.05) is 23.3 Å². The van der Waals surface area contributed by atoms with Crippen molar-refractivity contribution in [3.63, 3.8) is 0 Å². The Bertz CT molecular complexity index is 661. The van der Waals surface area contributed by atoms with Gasteiger partial charge >= 0.3 is 0 Å². The summed E-state index contributed by atoms with van der Waals surface area (Å²) in [5.74, 6) is -0.412. The van der Waals surface area contributed by atoms with Crippen LogP contribution in [0.5, 0.6) is 0 Å². The van der Waals surface area contributed by atoms with Crippen LogP contribution in [0.3, 0.4) is 0 Å². The van der Waals surface area contributed by atoms with Gasteiger partial charge in [0.1, 0.15) is 11.6 Å². The molecule has 0 spiro atoms. The number of rotatable bonds is 3. The predicted octanol–water partition coefficient (Wildman–Crippen LogP) is 3.48. The molecule has 2 aromatic rings. The molecule has 2 N–H and O–H groups in total. The number of nitrogens with one attached hydrogen (secondary N) is 2. The van der Waals surface area contributed by atoms with E-state index in [2.05, 4.69) is 15.6 Å². The van der Waals surface area contributed by atoms with Gasteiger partial charge in [-0.3, -0.25) is 4.79 Å². The number of hydrogen-bond acceptors (Lipinski definition) is 3. The minimum Gasteiger partial charge on any atom is -0.373 e. The Balaban J connectivity index is 2.26. The second kappa shape index (κ2) is 5.88. The lowest BCUT2D eigenvalue weighted by Gasteiger charge is -2.09. The topological polar surface area (TPSA) is 54.0 Å². The van der Waals surface area contributed by atoms with E-state index in [0.29, 0.717) is 17.1 Å². The molecule has 0 saturated heterocycles. The first-order chi connectivity index (χ1) is 9.49. The summed E-state index contributed by atoms with van der Waals surface area (Å²) in [6.07, 6.45) is 0. The Morgan fingerprint density at radius 1 is 1.30 bits per heavy atom. The molecule has 0 fully saturated rings. The monoisotopic (exact) mass is 293 g/mol. The molecular formula is C14H13ClFN3O. The van der Waals surface area contributed by atoms with Crippen LogP contribution in [0.25, 0.3) is 0 Å². The van der Waals surface area contributed by atoms with Crippen LogP contribution in [0.1, 0.15) is 16.1 Å². The number of aromatic nitrogens is 1. The van der Waals surface area contributed by atoms with E-state index in [1.807, 2.05) is 0 Å². The first kappa shape index (κ1) is 14.3. The maximum Gasteiger partial charge on any atom is 0.255 e. The molecule has 1 amide bonds. The molecule has 104 valence electrons. The van der Waals surface area contributed by atoms with Gasteiger partial charge in [0.05, 0.1) is 5.69 Å². The van der Waals surface area contributed by atoms with Crippen molar-refractivity contribution in [3.05, 3.63) is 52.4 Å². The van der Waals surface area contributed by atoms with Crippen molar-refractivity contribution < 1.29 is 9.18 Å². The van der Waals surface area contributed by atoms with E-state index in [1.165, 1.54) is 12.1 Å². The number of carbonyl (C=O) groups is 1. The molecule has 0 saturated carbocycles. The third-order valence-corrected chi connectivity index (χ3v) is 2.89. The molecule has 1 heterocycles. The number of nitrogens with zero attached hydrogens (tertiary/aromatic N) is 1. The number of carbonyl (C=O) groups excluding carboxylic acids is 1. The summed E-state index contributed by atoms with van der Waals surface area (Å²) in [5, 5.41) is 5.64. The molecular weight excluding hydrogens is 281 g/mol. The fraction of sp³-hybridized carbons (Fsp3) is 0.143. The van der Waals surface area contributed by atoms with Crippen LogP contribution in [-0.2, 0) is 0 Å². The molecule has 0 bridgehead atoms. The number of benzene rings is 1. The first-order valence-corrected chi connectivity index (χ1v) is 6.30. The predicted molar refractivity (Wildman–Crippen MR) is 77.9 cm³/mol. The molecule has 0 aliphatic heterocycles. The van der Waals surface area contributed by atoms with Crippen molar-refractivity contribution in [3.8, 4) is 0 Å². The normalized spacial score (nSPS) is 10.2. The van der Waals surface area contributed by atoms with Gasteiger partial charge in [0.2, 0.25) is 0 Å². The summed E-state index contributed by atoms with van der Waals surface area (Å²) in [4.78, 5) is 16.3. The highest BCUT2D eigenvalue weighted by atomic mass is 35.5. The number of amides is 1. The highest BCUT2D eigenvalue weighted by Gasteiger charge is 2.11. The van der Waals surface area contributed by atoms with Crippen LogP contribution in [0, 0.1) is 12.7 Å². The molecule has 1 aromatic carbocycles. The van der Waals surface area contributed by atoms with Crippen LogP contribution in [0.2, 0.25) is 5.02 Å². The molecule has 0 radical (unpaired) electrons. The van der Waals surface area contributed by atoms with Crippen molar-refractivity contribution in [1.82, 2.24) is 4.98 Å². The van der Waals surface area contributed by atoms with Crippen LogP contribution in [0.15, 0.2) is 30.3 Å². The zero-order chi connectivity index (χ0) is 14.7. The fourth-order valence-electron chi connectivity index (χ4n) is 1.71. The fourth-order valence-corrected chi connectivity index (χ4v) is 1.87. The summed E-state index contributed by atoms with van der Waals surface area (Å²) in [5.41, 5.74) is 1.18. The molecule has 6 heteroatoms. The standard InChI is InChI=1S/C14H13ClFN3O/c1-8-5-9(6-13(17-2)18-8)14(20)19-12-4-3-10(15)7-11(12)16/h3-7H,1-2H3,(H,17,18)(H,19,20). The Labute approximate surface area is 121 Å². The SMILES string of the molecule is CNc1cc(C(=O)Nc2ccc(Cl)cc2F)cc(C)n1. The Morgan fingerprint density at radius 3 is 2.70 bits per heavy atom. The largest absolute Gasteiger partial charge is 0.373 e. The van der Waals surface area contributed by atoms with Crippen molar-refractivity contribution in [1.29, 1.82) is 0 Å². The zero-order valence-electron chi connectivity index (χ0n) is 11.0. The van der Waals surface area contributed by atoms with Gasteiger partial charge in [0.25, 0.3) is 5.91 Å². The Kier molecular flexibility index (Phi) is 4.20. The van der Waals surface area contributed by atoms with Crippen molar-refractivity contribution in [2.24, 2.45) is 0 Å². The first-order valence-electron chi connectivity index (χ1n) is 5.92. The Hall–Kier alpha value is -2.14. The number of anilines is 2. The highest BCUT2D eigenvalue weighted by Crippen LogP contribution is 2.20. The van der Waals surface area contributed by atoms with E-state index < -0.39 is 11.7 Å². The van der Waals surface area contributed by atoms with E-state index >= 15 is 0 Å². The zero-order valence-corrected chi connectivity index (χ0v) is 11.8. The van der Waals surface area contributed by atoms with Crippen molar-refractivity contribution >= 4 is 29.0 Å². The van der Waals surface area contributed by atoms with Gasteiger partial charge in [-0.05, 0) is 37.3 Å². The third kappa shape index (κ3) is 3.24. The summed E-state index contributed by atoms with van der Waals surface area (Å²) >= 11 is 5.66. The summed E-state index contributed by atoms with van der Waals surface area (Å²) in [7, 11) is 1.71. The van der Waals surface area contributed by atoms with Crippen molar-refractivity contribution in [2.45, 2.75) is 6.92 Å². The van der Waals surface area contributed by atoms with E-state index in [9.17, 15) is 9.18 Å². The average molecular weight is 294 g/mol. The molecule has 4 nitrogen and oxygen atoms in total. The minimum atomic E-state index is -0.578. The van der Waals surface area contributed by atoms with E-state index in [4.69, 9.17) is 11.6 Å². The van der Waals surface area contributed by atoms with E-state index in [-0.39, 0.29) is 10.7 Å². The highest BCUT2D eigenvalue weighted by molar-refractivity contribution is 6.30. The van der Waals surface area contributed by atoms with E-state index in [1.54, 1.807) is 26.1 Å². The number of aryl methyl sites for hydroxylation is 1. The molecule has 0 atom stereocenters. The second-order valence-electron chi connectivity index (χ2n) is 4.21. The Morgan fingerprint density at radius 2 is 2.05 bits per heavy atom. The number of halogens is 2. The van der Waals surface area contributed by atoms with Crippen LogP contribution < -0.4 is 10.6 Å². The molecule has 0 aliphatic rings. The molecule has 2 rings (SSSR count). The molecule has 1 aromatic heterocycles. The lowest BCUT2D eigenvalue weighted by Crippen LogP contribution is -2.14. The number of hydrogen-bond donors (Lipinski definition) is 2. The average Bonchev–Trinajstić information content (AvgIpc) is 2.41. The van der Waals surface area contributed by atoms with E-state index in [0.717, 1.165) is 6.07 Å². The van der Waals surface area contributed by atoms with Crippen molar-refractivity contribution in [2.75, 3.05) is 17.7 Å². The lowest BCUT2D eigenvalue weighted by molar-refractivity contribution is 0.102. The lowest BCUT2D eigenvalue weighted by atomic mass is 10.2. The van der Waals surface area contributed by atoms with Gasteiger partial charge in [0.15, 0.2) is 0 Å². The molecule has 0 unspecified atom stereocenters. The van der Waals surface area contributed by atoms with Gasteiger partial charge < -0.3 is 10.6 Å². The summed E-state index contributed by atoms with van der Waals surface area (Å²) in [6, 6.07) is 7.30. The number of pyridine rings is 1. The second-order valence-corrected chi connectivity index (χ2v) is 4.65. The van der Waals surface area contributed by atoms with Gasteiger partial charge in [-0.15, -0.1) is 0 Å². The maximum atomic E-state index is 13.6. The van der Waals surface area contributed by atoms with Gasteiger partial charge in [-0.2, -0.15) is 0 Å². The van der Waals surface area contributed by atoms with Crippen LogP contribution in [0.4, 0.5) is 15.9 Å².